The number of aromatic nitrogens is 2. The van der Waals surface area contributed by atoms with E-state index in [1.807, 2.05) is 24.3 Å². The average Bonchev–Trinajstić information content (AvgIpc) is 2.86. The maximum absolute atomic E-state index is 12.3. The van der Waals surface area contributed by atoms with Crippen molar-refractivity contribution >= 4 is 15.8 Å². The maximum atomic E-state index is 12.3. The second kappa shape index (κ2) is 4.80. The van der Waals surface area contributed by atoms with Crippen molar-refractivity contribution in [3.8, 4) is 5.75 Å². The number of rotatable bonds is 3. The van der Waals surface area contributed by atoms with E-state index in [0.717, 1.165) is 5.56 Å². The standard InChI is InChI=1S/C12H14N4O3S/c13-12-11(7-14-15-12)20(17,18)16-9-5-6-19-10-4-2-1-3-8(9)10/h1-4,7,9,16H,5-6H2,(H3,13,14,15). The van der Waals surface area contributed by atoms with E-state index in [9.17, 15) is 8.42 Å². The molecule has 2 heterocycles. The van der Waals surface area contributed by atoms with Gasteiger partial charge in [0.25, 0.3) is 0 Å². The zero-order valence-electron chi connectivity index (χ0n) is 10.5. The Hall–Kier alpha value is -2.06. The van der Waals surface area contributed by atoms with Crippen LogP contribution in [-0.4, -0.2) is 25.2 Å². The molecule has 0 aliphatic carbocycles. The van der Waals surface area contributed by atoms with Crippen molar-refractivity contribution < 1.29 is 13.2 Å². The minimum absolute atomic E-state index is 0.0258. The Labute approximate surface area is 116 Å². The van der Waals surface area contributed by atoms with Crippen LogP contribution in [0.3, 0.4) is 0 Å². The van der Waals surface area contributed by atoms with Crippen molar-refractivity contribution in [2.24, 2.45) is 0 Å². The first kappa shape index (κ1) is 12.9. The van der Waals surface area contributed by atoms with E-state index in [-0.39, 0.29) is 16.8 Å². The van der Waals surface area contributed by atoms with Gasteiger partial charge in [0.1, 0.15) is 16.5 Å². The highest BCUT2D eigenvalue weighted by atomic mass is 32.2. The van der Waals surface area contributed by atoms with E-state index >= 15 is 0 Å². The second-order valence-corrected chi connectivity index (χ2v) is 6.18. The molecule has 0 radical (unpaired) electrons. The average molecular weight is 294 g/mol. The van der Waals surface area contributed by atoms with Gasteiger partial charge >= 0.3 is 0 Å². The molecule has 1 aliphatic rings. The highest BCUT2D eigenvalue weighted by molar-refractivity contribution is 7.89. The fourth-order valence-electron chi connectivity index (χ4n) is 2.21. The predicted molar refractivity (Wildman–Crippen MR) is 72.6 cm³/mol. The Kier molecular flexibility index (Phi) is 3.11. The lowest BCUT2D eigenvalue weighted by molar-refractivity contribution is 0.263. The van der Waals surface area contributed by atoms with E-state index in [1.165, 1.54) is 6.20 Å². The van der Waals surface area contributed by atoms with Gasteiger partial charge in [-0.3, -0.25) is 5.10 Å². The fourth-order valence-corrected chi connectivity index (χ4v) is 3.49. The van der Waals surface area contributed by atoms with E-state index in [2.05, 4.69) is 14.9 Å². The Morgan fingerprint density at radius 3 is 2.95 bits per heavy atom. The minimum Gasteiger partial charge on any atom is -0.493 e. The van der Waals surface area contributed by atoms with E-state index in [1.54, 1.807) is 0 Å². The van der Waals surface area contributed by atoms with Crippen LogP contribution in [0.5, 0.6) is 5.75 Å². The van der Waals surface area contributed by atoms with Gasteiger partial charge < -0.3 is 10.5 Å². The number of nitrogen functional groups attached to an aromatic ring is 1. The molecule has 1 aromatic heterocycles. The predicted octanol–water partition coefficient (Wildman–Crippen LogP) is 0.794. The van der Waals surface area contributed by atoms with Gasteiger partial charge in [-0.05, 0) is 6.07 Å². The van der Waals surface area contributed by atoms with Crippen molar-refractivity contribution in [3.63, 3.8) is 0 Å². The molecule has 1 aromatic carbocycles. The summed E-state index contributed by atoms with van der Waals surface area (Å²) in [5.74, 6) is 0.726. The molecule has 20 heavy (non-hydrogen) atoms. The third kappa shape index (κ3) is 2.23. The van der Waals surface area contributed by atoms with Crippen LogP contribution >= 0.6 is 0 Å². The summed E-state index contributed by atoms with van der Waals surface area (Å²) in [6.45, 7) is 0.463. The first-order valence-electron chi connectivity index (χ1n) is 6.11. The molecule has 0 fully saturated rings. The molecule has 0 amide bonds. The molecule has 0 bridgehead atoms. The first-order valence-corrected chi connectivity index (χ1v) is 7.59. The van der Waals surface area contributed by atoms with E-state index in [4.69, 9.17) is 10.5 Å². The number of nitrogens with two attached hydrogens (primary N) is 1. The van der Waals surface area contributed by atoms with Gasteiger partial charge in [0.05, 0.1) is 18.8 Å². The summed E-state index contributed by atoms with van der Waals surface area (Å²) in [6.07, 6.45) is 1.76. The molecule has 106 valence electrons. The topological polar surface area (TPSA) is 110 Å². The normalized spacial score (nSPS) is 18.3. The largest absolute Gasteiger partial charge is 0.493 e. The number of para-hydroxylation sites is 1. The van der Waals surface area contributed by atoms with Gasteiger partial charge in [0.2, 0.25) is 10.0 Å². The number of H-pyrrole nitrogens is 1. The maximum Gasteiger partial charge on any atom is 0.246 e. The van der Waals surface area contributed by atoms with Crippen LogP contribution in [0.4, 0.5) is 5.82 Å². The quantitative estimate of drug-likeness (QED) is 0.775. The molecular formula is C12H14N4O3S. The summed E-state index contributed by atoms with van der Waals surface area (Å²) in [7, 11) is -3.71. The number of nitrogens with one attached hydrogen (secondary N) is 2. The smallest absolute Gasteiger partial charge is 0.246 e. The van der Waals surface area contributed by atoms with E-state index in [0.29, 0.717) is 18.8 Å². The van der Waals surface area contributed by atoms with Crippen molar-refractivity contribution in [1.29, 1.82) is 0 Å². The number of ether oxygens (including phenoxy) is 1. The third-order valence-corrected chi connectivity index (χ3v) is 4.68. The number of nitrogens with zero attached hydrogens (tertiary/aromatic N) is 1. The minimum atomic E-state index is -3.71. The molecule has 1 atom stereocenters. The lowest BCUT2D eigenvalue weighted by Crippen LogP contribution is -2.32. The van der Waals surface area contributed by atoms with Crippen LogP contribution < -0.4 is 15.2 Å². The van der Waals surface area contributed by atoms with Crippen molar-refractivity contribution in [1.82, 2.24) is 14.9 Å². The molecular weight excluding hydrogens is 280 g/mol. The number of aromatic amines is 1. The van der Waals surface area contributed by atoms with Crippen molar-refractivity contribution in [2.45, 2.75) is 17.4 Å². The van der Waals surface area contributed by atoms with Crippen LogP contribution in [0.2, 0.25) is 0 Å². The molecule has 0 saturated heterocycles. The summed E-state index contributed by atoms with van der Waals surface area (Å²) in [6, 6.07) is 7.03. The van der Waals surface area contributed by atoms with Crippen molar-refractivity contribution in [3.05, 3.63) is 36.0 Å². The summed E-state index contributed by atoms with van der Waals surface area (Å²) in [5.41, 5.74) is 6.39. The van der Waals surface area contributed by atoms with Gasteiger partial charge in [0.15, 0.2) is 0 Å². The van der Waals surface area contributed by atoms with Gasteiger partial charge in [0, 0.05) is 12.0 Å². The lowest BCUT2D eigenvalue weighted by atomic mass is 10.0. The molecule has 2 aromatic rings. The molecule has 1 unspecified atom stereocenters. The first-order chi connectivity index (χ1) is 9.58. The summed E-state index contributed by atoms with van der Waals surface area (Å²) >= 11 is 0. The van der Waals surface area contributed by atoms with Crippen LogP contribution in [0.1, 0.15) is 18.0 Å². The summed E-state index contributed by atoms with van der Waals surface area (Å²) in [5, 5.41) is 6.05. The fraction of sp³-hybridized carbons (Fsp3) is 0.250. The highest BCUT2D eigenvalue weighted by Crippen LogP contribution is 2.32. The van der Waals surface area contributed by atoms with Gasteiger partial charge in [-0.15, -0.1) is 0 Å². The molecule has 8 heteroatoms. The van der Waals surface area contributed by atoms with Crippen LogP contribution in [0, 0.1) is 0 Å². The number of fused-ring (bicyclic) bond motifs is 1. The van der Waals surface area contributed by atoms with Gasteiger partial charge in [-0.25, -0.2) is 13.1 Å². The second-order valence-electron chi connectivity index (χ2n) is 4.50. The number of hydrogen-bond acceptors (Lipinski definition) is 5. The molecule has 3 rings (SSSR count). The Bertz CT molecular complexity index is 726. The number of benzene rings is 1. The van der Waals surface area contributed by atoms with Crippen LogP contribution in [0.25, 0.3) is 0 Å². The number of hydrogen-bond donors (Lipinski definition) is 3. The monoisotopic (exact) mass is 294 g/mol. The number of anilines is 1. The van der Waals surface area contributed by atoms with Crippen LogP contribution in [0.15, 0.2) is 35.4 Å². The van der Waals surface area contributed by atoms with Gasteiger partial charge in [-0.2, -0.15) is 5.10 Å². The molecule has 0 spiro atoms. The highest BCUT2D eigenvalue weighted by Gasteiger charge is 2.28. The summed E-state index contributed by atoms with van der Waals surface area (Å²) in [4.78, 5) is -0.0403. The molecule has 7 nitrogen and oxygen atoms in total. The molecule has 1 aliphatic heterocycles. The Balaban J connectivity index is 1.91. The number of sulfonamides is 1. The zero-order valence-corrected chi connectivity index (χ0v) is 11.4. The molecule has 4 N–H and O–H groups in total. The van der Waals surface area contributed by atoms with Gasteiger partial charge in [-0.1, -0.05) is 18.2 Å². The molecule has 0 saturated carbocycles. The Morgan fingerprint density at radius 1 is 1.40 bits per heavy atom. The SMILES string of the molecule is Nc1[nH]ncc1S(=O)(=O)NC1CCOc2ccccc21. The van der Waals surface area contributed by atoms with Crippen molar-refractivity contribution in [2.75, 3.05) is 12.3 Å². The zero-order chi connectivity index (χ0) is 14.2. The van der Waals surface area contributed by atoms with Crippen LogP contribution in [-0.2, 0) is 10.0 Å². The Morgan fingerprint density at radius 2 is 2.20 bits per heavy atom. The third-order valence-electron chi connectivity index (χ3n) is 3.18. The van der Waals surface area contributed by atoms with E-state index < -0.39 is 10.0 Å². The summed E-state index contributed by atoms with van der Waals surface area (Å²) < 4.78 is 32.8. The lowest BCUT2D eigenvalue weighted by Gasteiger charge is -2.26.